The molecule has 0 amide bonds. The molecule has 19 heavy (non-hydrogen) atoms. The van der Waals surface area contributed by atoms with Gasteiger partial charge in [-0.05, 0) is 42.5 Å². The highest BCUT2D eigenvalue weighted by molar-refractivity contribution is 5.56. The molecular formula is C14H9N5. The molecule has 2 aromatic rings. The standard InChI is InChI=1S/C14H9N5/c15-8-10-1-6-14(11(7-10)9-16)19-18-13-4-2-12(17)3-5-13/h1-7H,17H2. The van der Waals surface area contributed by atoms with Crippen LogP contribution in [-0.4, -0.2) is 0 Å². The Morgan fingerprint density at radius 2 is 1.63 bits per heavy atom. The molecule has 0 spiro atoms. The first-order valence-corrected chi connectivity index (χ1v) is 5.44. The lowest BCUT2D eigenvalue weighted by molar-refractivity contribution is 1.22. The second-order valence-electron chi connectivity index (χ2n) is 3.75. The minimum atomic E-state index is 0.318. The van der Waals surface area contributed by atoms with E-state index in [2.05, 4.69) is 10.2 Å². The van der Waals surface area contributed by atoms with Crippen LogP contribution in [0.15, 0.2) is 52.7 Å². The van der Waals surface area contributed by atoms with Crippen LogP contribution in [0.1, 0.15) is 11.1 Å². The number of hydrogen-bond donors (Lipinski definition) is 1. The Bertz CT molecular complexity index is 702. The lowest BCUT2D eigenvalue weighted by Crippen LogP contribution is -1.81. The molecule has 0 bridgehead atoms. The summed E-state index contributed by atoms with van der Waals surface area (Å²) in [6.07, 6.45) is 0. The molecule has 2 rings (SSSR count). The molecule has 2 aromatic carbocycles. The molecule has 0 aliphatic carbocycles. The van der Waals surface area contributed by atoms with Crippen LogP contribution in [0.2, 0.25) is 0 Å². The molecule has 0 aromatic heterocycles. The van der Waals surface area contributed by atoms with Crippen LogP contribution in [-0.2, 0) is 0 Å². The smallest absolute Gasteiger partial charge is 0.104 e. The lowest BCUT2D eigenvalue weighted by atomic mass is 10.1. The molecule has 0 unspecified atom stereocenters. The predicted octanol–water partition coefficient (Wildman–Crippen LogP) is 3.43. The number of anilines is 1. The van der Waals surface area contributed by atoms with Gasteiger partial charge in [0.15, 0.2) is 0 Å². The van der Waals surface area contributed by atoms with Gasteiger partial charge in [-0.3, -0.25) is 0 Å². The van der Waals surface area contributed by atoms with Gasteiger partial charge in [0.1, 0.15) is 11.8 Å². The minimum Gasteiger partial charge on any atom is -0.399 e. The fourth-order valence-corrected chi connectivity index (χ4v) is 1.43. The van der Waals surface area contributed by atoms with Gasteiger partial charge in [-0.25, -0.2) is 0 Å². The van der Waals surface area contributed by atoms with Crippen molar-refractivity contribution < 1.29 is 0 Å². The first kappa shape index (κ1) is 12.3. The number of nitrogens with two attached hydrogens (primary N) is 1. The molecule has 2 N–H and O–H groups in total. The van der Waals surface area contributed by atoms with Crippen LogP contribution < -0.4 is 5.73 Å². The van der Waals surface area contributed by atoms with Crippen LogP contribution in [0, 0.1) is 22.7 Å². The van der Waals surface area contributed by atoms with Crippen LogP contribution in [0.4, 0.5) is 17.1 Å². The summed E-state index contributed by atoms with van der Waals surface area (Å²) in [5, 5.41) is 25.8. The fourth-order valence-electron chi connectivity index (χ4n) is 1.43. The number of nitriles is 2. The maximum absolute atomic E-state index is 8.99. The predicted molar refractivity (Wildman–Crippen MR) is 70.9 cm³/mol. The number of rotatable bonds is 2. The molecule has 5 heteroatoms. The SMILES string of the molecule is N#Cc1ccc(N=Nc2ccc(N)cc2)c(C#N)c1. The fraction of sp³-hybridized carbons (Fsp3) is 0. The number of nitrogens with zero attached hydrogens (tertiary/aromatic N) is 4. The van der Waals surface area contributed by atoms with E-state index in [9.17, 15) is 0 Å². The van der Waals surface area contributed by atoms with E-state index in [-0.39, 0.29) is 0 Å². The first-order valence-electron chi connectivity index (χ1n) is 5.44. The summed E-state index contributed by atoms with van der Waals surface area (Å²) < 4.78 is 0. The van der Waals surface area contributed by atoms with E-state index in [0.29, 0.717) is 28.2 Å². The molecule has 0 aliphatic rings. The van der Waals surface area contributed by atoms with Crippen LogP contribution in [0.5, 0.6) is 0 Å². The Morgan fingerprint density at radius 3 is 2.26 bits per heavy atom. The quantitative estimate of drug-likeness (QED) is 0.650. The summed E-state index contributed by atoms with van der Waals surface area (Å²) in [5.41, 5.74) is 8.02. The molecular weight excluding hydrogens is 238 g/mol. The van der Waals surface area contributed by atoms with Crippen molar-refractivity contribution >= 4 is 17.1 Å². The molecule has 90 valence electrons. The van der Waals surface area contributed by atoms with E-state index < -0.39 is 0 Å². The lowest BCUT2D eigenvalue weighted by Gasteiger charge is -1.97. The van der Waals surface area contributed by atoms with E-state index in [1.807, 2.05) is 12.1 Å². The second-order valence-corrected chi connectivity index (χ2v) is 3.75. The summed E-state index contributed by atoms with van der Waals surface area (Å²) >= 11 is 0. The van der Waals surface area contributed by atoms with Crippen molar-refractivity contribution in [1.29, 1.82) is 10.5 Å². The molecule has 0 fully saturated rings. The average molecular weight is 247 g/mol. The van der Waals surface area contributed by atoms with E-state index in [0.717, 1.165) is 0 Å². The third-order valence-electron chi connectivity index (χ3n) is 2.41. The average Bonchev–Trinajstić information content (AvgIpc) is 2.46. The van der Waals surface area contributed by atoms with Gasteiger partial charge in [-0.15, -0.1) is 5.11 Å². The molecule has 0 radical (unpaired) electrons. The van der Waals surface area contributed by atoms with Gasteiger partial charge in [0.25, 0.3) is 0 Å². The summed E-state index contributed by atoms with van der Waals surface area (Å²) in [5.74, 6) is 0. The molecule has 0 heterocycles. The summed E-state index contributed by atoms with van der Waals surface area (Å²) in [4.78, 5) is 0. The van der Waals surface area contributed by atoms with Crippen molar-refractivity contribution in [3.05, 3.63) is 53.6 Å². The van der Waals surface area contributed by atoms with Crippen molar-refractivity contribution in [3.63, 3.8) is 0 Å². The molecule has 5 nitrogen and oxygen atoms in total. The van der Waals surface area contributed by atoms with Gasteiger partial charge in [-0.2, -0.15) is 15.6 Å². The maximum atomic E-state index is 8.99. The highest BCUT2D eigenvalue weighted by atomic mass is 15.1. The molecule has 0 aliphatic heterocycles. The van der Waals surface area contributed by atoms with Crippen LogP contribution >= 0.6 is 0 Å². The molecule has 0 saturated carbocycles. The highest BCUT2D eigenvalue weighted by Crippen LogP contribution is 2.23. The van der Waals surface area contributed by atoms with Gasteiger partial charge in [0, 0.05) is 5.69 Å². The zero-order chi connectivity index (χ0) is 13.7. The number of hydrogen-bond acceptors (Lipinski definition) is 5. The van der Waals surface area contributed by atoms with Crippen molar-refractivity contribution in [2.45, 2.75) is 0 Å². The van der Waals surface area contributed by atoms with Crippen LogP contribution in [0.25, 0.3) is 0 Å². The zero-order valence-electron chi connectivity index (χ0n) is 9.91. The van der Waals surface area contributed by atoms with Gasteiger partial charge in [-0.1, -0.05) is 0 Å². The minimum absolute atomic E-state index is 0.318. The van der Waals surface area contributed by atoms with Gasteiger partial charge < -0.3 is 5.73 Å². The summed E-state index contributed by atoms with van der Waals surface area (Å²) in [6.45, 7) is 0. The van der Waals surface area contributed by atoms with E-state index in [1.165, 1.54) is 6.07 Å². The van der Waals surface area contributed by atoms with Gasteiger partial charge >= 0.3 is 0 Å². The largest absolute Gasteiger partial charge is 0.399 e. The van der Waals surface area contributed by atoms with Crippen LogP contribution in [0.3, 0.4) is 0 Å². The third-order valence-corrected chi connectivity index (χ3v) is 2.41. The van der Waals surface area contributed by atoms with Crippen molar-refractivity contribution in [1.82, 2.24) is 0 Å². The maximum Gasteiger partial charge on any atom is 0.104 e. The number of nitrogen functional groups attached to an aromatic ring is 1. The Kier molecular flexibility index (Phi) is 3.51. The number of benzene rings is 2. The highest BCUT2D eigenvalue weighted by Gasteiger charge is 2.02. The Hall–Kier alpha value is -3.18. The second kappa shape index (κ2) is 5.44. The van der Waals surface area contributed by atoms with Crippen molar-refractivity contribution in [2.75, 3.05) is 5.73 Å². The molecule has 0 atom stereocenters. The first-order chi connectivity index (χ1) is 9.22. The van der Waals surface area contributed by atoms with Gasteiger partial charge in [0.2, 0.25) is 0 Å². The third kappa shape index (κ3) is 2.93. The van der Waals surface area contributed by atoms with E-state index >= 15 is 0 Å². The van der Waals surface area contributed by atoms with Gasteiger partial charge in [0.05, 0.1) is 22.9 Å². The summed E-state index contributed by atoms with van der Waals surface area (Å²) in [6, 6.07) is 15.5. The van der Waals surface area contributed by atoms with Crippen molar-refractivity contribution in [2.24, 2.45) is 10.2 Å². The van der Waals surface area contributed by atoms with E-state index in [4.69, 9.17) is 16.3 Å². The summed E-state index contributed by atoms with van der Waals surface area (Å²) in [7, 11) is 0. The zero-order valence-corrected chi connectivity index (χ0v) is 9.91. The Morgan fingerprint density at radius 1 is 0.895 bits per heavy atom. The Labute approximate surface area is 110 Å². The normalized spacial score (nSPS) is 10.0. The number of azo groups is 1. The van der Waals surface area contributed by atoms with Crippen molar-refractivity contribution in [3.8, 4) is 12.1 Å². The Balaban J connectivity index is 2.31. The van der Waals surface area contributed by atoms with E-state index in [1.54, 1.807) is 36.4 Å². The molecule has 0 saturated heterocycles. The monoisotopic (exact) mass is 247 g/mol. The topological polar surface area (TPSA) is 98.3 Å².